The third-order valence-corrected chi connectivity index (χ3v) is 6.44. The molecule has 0 fully saturated rings. The summed E-state index contributed by atoms with van der Waals surface area (Å²) < 4.78 is 17.2. The molecule has 0 radical (unpaired) electrons. The van der Waals surface area contributed by atoms with Crippen LogP contribution < -0.4 is 14.2 Å². The number of halogens is 4. The first-order valence-corrected chi connectivity index (χ1v) is 12.7. The number of hydrogen-bond acceptors (Lipinski definition) is 5. The predicted molar refractivity (Wildman–Crippen MR) is 139 cm³/mol. The fraction of sp³-hybridized carbons (Fsp3) is 0.292. The molecule has 0 amide bonds. The van der Waals surface area contributed by atoms with Crippen LogP contribution in [0, 0.1) is 0 Å². The van der Waals surface area contributed by atoms with Gasteiger partial charge in [-0.3, -0.25) is 0 Å². The lowest BCUT2D eigenvalue weighted by atomic mass is 10.1. The van der Waals surface area contributed by atoms with E-state index in [2.05, 4.69) is 24.2 Å². The first kappa shape index (κ1) is 26.0. The highest BCUT2D eigenvalue weighted by Crippen LogP contribution is 2.37. The quantitative estimate of drug-likeness (QED) is 0.225. The zero-order chi connectivity index (χ0) is 23.8. The molecule has 0 aliphatic rings. The van der Waals surface area contributed by atoms with Crippen molar-refractivity contribution in [2.24, 2.45) is 0 Å². The normalized spacial score (nSPS) is 10.9. The van der Waals surface area contributed by atoms with Gasteiger partial charge in [0.1, 0.15) is 22.6 Å². The fourth-order valence-electron chi connectivity index (χ4n) is 2.79. The SMILES string of the molecule is CC(C)c1nc(-c2ccc(OCCCOc3c(Cl)cc(OCC=C(Cl)Cl)cc3Cl)cc2)cs1. The van der Waals surface area contributed by atoms with Gasteiger partial charge in [0.05, 0.1) is 34.0 Å². The van der Waals surface area contributed by atoms with Crippen molar-refractivity contribution in [3.8, 4) is 28.5 Å². The molecule has 0 bridgehead atoms. The first-order valence-electron chi connectivity index (χ1n) is 10.3. The summed E-state index contributed by atoms with van der Waals surface area (Å²) in [4.78, 5) is 4.68. The smallest absolute Gasteiger partial charge is 0.156 e. The summed E-state index contributed by atoms with van der Waals surface area (Å²) in [6.45, 7) is 5.40. The van der Waals surface area contributed by atoms with Gasteiger partial charge in [-0.1, -0.05) is 60.3 Å². The Morgan fingerprint density at radius 2 is 1.64 bits per heavy atom. The summed E-state index contributed by atoms with van der Waals surface area (Å²) in [6.07, 6.45) is 2.18. The van der Waals surface area contributed by atoms with Crippen LogP contribution in [0.15, 0.2) is 52.3 Å². The lowest BCUT2D eigenvalue weighted by Gasteiger charge is -2.12. The maximum atomic E-state index is 6.28. The highest BCUT2D eigenvalue weighted by atomic mass is 35.5. The highest BCUT2D eigenvalue weighted by molar-refractivity contribution is 7.10. The Hall–Kier alpha value is -1.63. The molecule has 0 N–H and O–H groups in total. The summed E-state index contributed by atoms with van der Waals surface area (Å²) in [5, 5.41) is 3.95. The number of rotatable bonds is 11. The van der Waals surface area contributed by atoms with Gasteiger partial charge >= 0.3 is 0 Å². The van der Waals surface area contributed by atoms with Crippen molar-refractivity contribution in [3.05, 3.63) is 67.4 Å². The number of benzene rings is 2. The molecule has 9 heteroatoms. The van der Waals surface area contributed by atoms with E-state index in [4.69, 9.17) is 60.6 Å². The second-order valence-electron chi connectivity index (χ2n) is 7.32. The molecule has 0 atom stereocenters. The molecule has 33 heavy (non-hydrogen) atoms. The van der Waals surface area contributed by atoms with E-state index in [1.165, 1.54) is 6.08 Å². The number of thiazole rings is 1. The Labute approximate surface area is 218 Å². The Bertz CT molecular complexity index is 1060. The van der Waals surface area contributed by atoms with E-state index in [1.54, 1.807) is 23.5 Å². The molecule has 0 aliphatic carbocycles. The second kappa shape index (κ2) is 12.7. The van der Waals surface area contributed by atoms with E-state index in [1.807, 2.05) is 24.3 Å². The Balaban J connectivity index is 1.44. The van der Waals surface area contributed by atoms with E-state index >= 15 is 0 Å². The van der Waals surface area contributed by atoms with Crippen LogP contribution in [0.5, 0.6) is 17.2 Å². The van der Waals surface area contributed by atoms with E-state index in [9.17, 15) is 0 Å². The molecule has 0 aliphatic heterocycles. The fourth-order valence-corrected chi connectivity index (χ4v) is 4.34. The van der Waals surface area contributed by atoms with E-state index < -0.39 is 0 Å². The summed E-state index contributed by atoms with van der Waals surface area (Å²) in [6, 6.07) is 11.2. The van der Waals surface area contributed by atoms with Gasteiger partial charge in [0, 0.05) is 35.4 Å². The molecule has 3 rings (SSSR count). The van der Waals surface area contributed by atoms with Gasteiger partial charge < -0.3 is 14.2 Å². The Morgan fingerprint density at radius 1 is 0.970 bits per heavy atom. The molecule has 1 heterocycles. The third kappa shape index (κ3) is 7.97. The minimum atomic E-state index is 0.130. The van der Waals surface area contributed by atoms with Crippen LogP contribution in [0.25, 0.3) is 11.3 Å². The number of aromatic nitrogens is 1. The standard InChI is InChI=1S/C24H23Cl4NO3S/c1-15(2)24-29-21(14-33-24)16-4-6-17(7-5-16)30-9-3-10-32-23-19(25)12-18(13-20(23)26)31-11-8-22(27)28/h4-8,12-15H,3,9-11H2,1-2H3. The molecule has 3 aromatic rings. The molecule has 0 spiro atoms. The lowest BCUT2D eigenvalue weighted by molar-refractivity contribution is 0.247. The van der Waals surface area contributed by atoms with E-state index in [-0.39, 0.29) is 11.1 Å². The predicted octanol–water partition coefficient (Wildman–Crippen LogP) is 8.79. The van der Waals surface area contributed by atoms with Crippen LogP contribution in [0.4, 0.5) is 0 Å². The monoisotopic (exact) mass is 545 g/mol. The van der Waals surface area contributed by atoms with Crippen LogP contribution in [-0.4, -0.2) is 24.8 Å². The van der Waals surface area contributed by atoms with Gasteiger partial charge in [-0.25, -0.2) is 4.98 Å². The Morgan fingerprint density at radius 3 is 2.24 bits per heavy atom. The van der Waals surface area contributed by atoms with Crippen molar-refractivity contribution in [2.45, 2.75) is 26.2 Å². The zero-order valence-corrected chi connectivity index (χ0v) is 22.0. The van der Waals surface area contributed by atoms with Crippen molar-refractivity contribution in [3.63, 3.8) is 0 Å². The molecular formula is C24H23Cl4NO3S. The second-order valence-corrected chi connectivity index (χ2v) is 10.0. The third-order valence-electron chi connectivity index (χ3n) is 4.43. The highest BCUT2D eigenvalue weighted by Gasteiger charge is 2.11. The van der Waals surface area contributed by atoms with E-state index in [0.717, 1.165) is 22.0 Å². The van der Waals surface area contributed by atoms with Gasteiger partial charge in [0.2, 0.25) is 0 Å². The largest absolute Gasteiger partial charge is 0.493 e. The van der Waals surface area contributed by atoms with Gasteiger partial charge in [-0.15, -0.1) is 11.3 Å². The molecule has 4 nitrogen and oxygen atoms in total. The maximum absolute atomic E-state index is 6.28. The summed E-state index contributed by atoms with van der Waals surface area (Å²) >= 11 is 25.4. The van der Waals surface area contributed by atoms with Crippen LogP contribution in [-0.2, 0) is 0 Å². The van der Waals surface area contributed by atoms with Crippen molar-refractivity contribution >= 4 is 57.7 Å². The minimum absolute atomic E-state index is 0.130. The molecule has 0 saturated carbocycles. The molecule has 0 saturated heterocycles. The van der Waals surface area contributed by atoms with Gasteiger partial charge in [-0.2, -0.15) is 0 Å². The van der Waals surface area contributed by atoms with Crippen molar-refractivity contribution < 1.29 is 14.2 Å². The van der Waals surface area contributed by atoms with Gasteiger partial charge in [0.25, 0.3) is 0 Å². The molecular weight excluding hydrogens is 524 g/mol. The van der Waals surface area contributed by atoms with Crippen LogP contribution >= 0.6 is 57.7 Å². The maximum Gasteiger partial charge on any atom is 0.156 e. The number of ether oxygens (including phenoxy) is 3. The van der Waals surface area contributed by atoms with Crippen LogP contribution in [0.3, 0.4) is 0 Å². The van der Waals surface area contributed by atoms with Gasteiger partial charge in [-0.05, 0) is 30.3 Å². The number of hydrogen-bond donors (Lipinski definition) is 0. The first-order chi connectivity index (χ1) is 15.8. The van der Waals surface area contributed by atoms with Crippen molar-refractivity contribution in [1.29, 1.82) is 0 Å². The topological polar surface area (TPSA) is 40.6 Å². The van der Waals surface area contributed by atoms with Crippen LogP contribution in [0.1, 0.15) is 31.2 Å². The molecule has 1 aromatic heterocycles. The van der Waals surface area contributed by atoms with Crippen LogP contribution in [0.2, 0.25) is 10.0 Å². The molecule has 176 valence electrons. The average molecular weight is 547 g/mol. The molecule has 2 aromatic carbocycles. The zero-order valence-electron chi connectivity index (χ0n) is 18.1. The van der Waals surface area contributed by atoms with Gasteiger partial charge in [0.15, 0.2) is 5.75 Å². The Kier molecular flexibility index (Phi) is 10.0. The summed E-state index contributed by atoms with van der Waals surface area (Å²) in [5.41, 5.74) is 2.07. The van der Waals surface area contributed by atoms with Crippen molar-refractivity contribution in [1.82, 2.24) is 4.98 Å². The van der Waals surface area contributed by atoms with Crippen molar-refractivity contribution in [2.75, 3.05) is 19.8 Å². The lowest BCUT2D eigenvalue weighted by Crippen LogP contribution is -2.05. The van der Waals surface area contributed by atoms with E-state index in [0.29, 0.717) is 47.1 Å². The summed E-state index contributed by atoms with van der Waals surface area (Å²) in [5.74, 6) is 2.13. The molecule has 0 unspecified atom stereocenters. The minimum Gasteiger partial charge on any atom is -0.493 e. The number of nitrogens with zero attached hydrogens (tertiary/aromatic N) is 1. The summed E-state index contributed by atoms with van der Waals surface area (Å²) in [7, 11) is 0. The average Bonchev–Trinajstić information content (AvgIpc) is 3.26.